The van der Waals surface area contributed by atoms with Crippen LogP contribution in [0.1, 0.15) is 57.5 Å². The number of hydrogen-bond acceptors (Lipinski definition) is 4. The number of hydrogen-bond donors (Lipinski definition) is 3. The van der Waals surface area contributed by atoms with Crippen molar-refractivity contribution in [2.45, 2.75) is 50.9 Å². The van der Waals surface area contributed by atoms with Gasteiger partial charge in [-0.3, -0.25) is 14.6 Å². The van der Waals surface area contributed by atoms with Crippen LogP contribution in [-0.2, 0) is 6.18 Å². The second kappa shape index (κ2) is 10.5. The molecular weight excluding hydrogens is 471 g/mol. The Labute approximate surface area is 206 Å². The molecule has 6 nitrogen and oxygen atoms in total. The number of nitrogens with zero attached hydrogens (tertiary/aromatic N) is 1. The topological polar surface area (TPSA) is 91.3 Å². The number of halogens is 3. The van der Waals surface area contributed by atoms with E-state index < -0.39 is 23.8 Å². The number of aryl methyl sites for hydroxylation is 1. The van der Waals surface area contributed by atoms with Gasteiger partial charge >= 0.3 is 6.18 Å². The Morgan fingerprint density at radius 2 is 1.64 bits per heavy atom. The summed E-state index contributed by atoms with van der Waals surface area (Å²) in [4.78, 5) is 29.8. The van der Waals surface area contributed by atoms with Crippen LogP contribution in [0.5, 0.6) is 0 Å². The van der Waals surface area contributed by atoms with E-state index in [4.69, 9.17) is 0 Å². The van der Waals surface area contributed by atoms with E-state index in [9.17, 15) is 27.9 Å². The first kappa shape index (κ1) is 25.4. The molecule has 1 aliphatic carbocycles. The summed E-state index contributed by atoms with van der Waals surface area (Å²) in [5, 5.41) is 15.8. The van der Waals surface area contributed by atoms with Gasteiger partial charge in [0.1, 0.15) is 0 Å². The third kappa shape index (κ3) is 5.91. The number of aromatic nitrogens is 1. The maximum absolute atomic E-state index is 12.9. The number of pyridine rings is 1. The molecule has 36 heavy (non-hydrogen) atoms. The molecule has 0 unspecified atom stereocenters. The number of carbonyl (C=O) groups is 2. The fourth-order valence-electron chi connectivity index (χ4n) is 4.20. The molecule has 0 radical (unpaired) electrons. The summed E-state index contributed by atoms with van der Waals surface area (Å²) in [6.45, 7) is 1.79. The van der Waals surface area contributed by atoms with Gasteiger partial charge in [-0.1, -0.05) is 31.0 Å². The minimum absolute atomic E-state index is 0.215. The first-order valence-electron chi connectivity index (χ1n) is 11.7. The van der Waals surface area contributed by atoms with Crippen LogP contribution in [0.15, 0.2) is 60.9 Å². The van der Waals surface area contributed by atoms with E-state index >= 15 is 0 Å². The Morgan fingerprint density at radius 1 is 0.917 bits per heavy atom. The van der Waals surface area contributed by atoms with E-state index in [0.29, 0.717) is 35.2 Å². The summed E-state index contributed by atoms with van der Waals surface area (Å²) in [5.74, 6) is -0.804. The standard InChI is InChI=1S/C27H26F3N3O3/c1-16-6-7-18(25(35)32-22-4-2-3-5-24(22)34)13-23(16)33-26(36)20-12-19(14-31-15-20)17-8-10-21(11-9-17)27(28,29)30/h6-15,22,24,34H,2-5H2,1H3,(H,32,35)(H,33,36)/t22-,24-/m0/s1. The van der Waals surface area contributed by atoms with Crippen molar-refractivity contribution in [3.63, 3.8) is 0 Å². The third-order valence-corrected chi connectivity index (χ3v) is 6.34. The lowest BCUT2D eigenvalue weighted by atomic mass is 9.92. The van der Waals surface area contributed by atoms with Crippen LogP contribution in [0.25, 0.3) is 11.1 Å². The van der Waals surface area contributed by atoms with Crippen molar-refractivity contribution in [3.8, 4) is 11.1 Å². The van der Waals surface area contributed by atoms with Crippen LogP contribution in [0, 0.1) is 6.92 Å². The molecule has 188 valence electrons. The highest BCUT2D eigenvalue weighted by atomic mass is 19.4. The van der Waals surface area contributed by atoms with E-state index in [2.05, 4.69) is 15.6 Å². The summed E-state index contributed by atoms with van der Waals surface area (Å²) < 4.78 is 38.5. The van der Waals surface area contributed by atoms with Crippen LogP contribution in [-0.4, -0.2) is 34.1 Å². The summed E-state index contributed by atoms with van der Waals surface area (Å²) >= 11 is 0. The molecule has 3 N–H and O–H groups in total. The fraction of sp³-hybridized carbons (Fsp3) is 0.296. The molecular formula is C27H26F3N3O3. The number of anilines is 1. The highest BCUT2D eigenvalue weighted by Gasteiger charge is 2.30. The maximum atomic E-state index is 12.9. The van der Waals surface area contributed by atoms with Gasteiger partial charge in [-0.05, 0) is 61.2 Å². The zero-order chi connectivity index (χ0) is 25.9. The molecule has 1 saturated carbocycles. The summed E-state index contributed by atoms with van der Waals surface area (Å²) in [6.07, 6.45) is 1.06. The molecule has 0 bridgehead atoms. The predicted octanol–water partition coefficient (Wildman–Crippen LogP) is 5.36. The van der Waals surface area contributed by atoms with E-state index in [-0.39, 0.29) is 17.5 Å². The van der Waals surface area contributed by atoms with Crippen LogP contribution >= 0.6 is 0 Å². The monoisotopic (exact) mass is 497 g/mol. The first-order valence-corrected chi connectivity index (χ1v) is 11.7. The van der Waals surface area contributed by atoms with Crippen LogP contribution in [0.4, 0.5) is 18.9 Å². The molecule has 0 spiro atoms. The molecule has 2 amide bonds. The van der Waals surface area contributed by atoms with Gasteiger partial charge in [0.2, 0.25) is 0 Å². The molecule has 1 heterocycles. The molecule has 1 aliphatic rings. The Morgan fingerprint density at radius 3 is 2.33 bits per heavy atom. The molecule has 0 aliphatic heterocycles. The molecule has 1 aromatic heterocycles. The fourth-order valence-corrected chi connectivity index (χ4v) is 4.20. The first-order chi connectivity index (χ1) is 17.1. The van der Waals surface area contributed by atoms with Crippen molar-refractivity contribution < 1.29 is 27.9 Å². The van der Waals surface area contributed by atoms with E-state index in [1.54, 1.807) is 31.2 Å². The number of rotatable bonds is 5. The van der Waals surface area contributed by atoms with Crippen molar-refractivity contribution in [2.24, 2.45) is 0 Å². The molecule has 2 aromatic carbocycles. The zero-order valence-corrected chi connectivity index (χ0v) is 19.6. The lowest BCUT2D eigenvalue weighted by molar-refractivity contribution is -0.137. The van der Waals surface area contributed by atoms with Crippen LogP contribution < -0.4 is 10.6 Å². The van der Waals surface area contributed by atoms with E-state index in [1.165, 1.54) is 24.5 Å². The quantitative estimate of drug-likeness (QED) is 0.443. The smallest absolute Gasteiger partial charge is 0.391 e. The van der Waals surface area contributed by atoms with Gasteiger partial charge in [0.25, 0.3) is 11.8 Å². The van der Waals surface area contributed by atoms with Gasteiger partial charge in [-0.2, -0.15) is 13.2 Å². The van der Waals surface area contributed by atoms with Crippen molar-refractivity contribution >= 4 is 17.5 Å². The average Bonchev–Trinajstić information content (AvgIpc) is 2.86. The Bertz CT molecular complexity index is 1260. The minimum Gasteiger partial charge on any atom is -0.391 e. The summed E-state index contributed by atoms with van der Waals surface area (Å²) in [5.41, 5.74) is 1.97. The SMILES string of the molecule is Cc1ccc(C(=O)N[C@H]2CCCC[C@@H]2O)cc1NC(=O)c1cncc(-c2ccc(C(F)(F)F)cc2)c1. The largest absolute Gasteiger partial charge is 0.416 e. The maximum Gasteiger partial charge on any atom is 0.416 e. The normalized spacial score (nSPS) is 17.9. The van der Waals surface area contributed by atoms with Crippen LogP contribution in [0.3, 0.4) is 0 Å². The Kier molecular flexibility index (Phi) is 7.40. The summed E-state index contributed by atoms with van der Waals surface area (Å²) in [7, 11) is 0. The minimum atomic E-state index is -4.43. The Balaban J connectivity index is 1.49. The predicted molar refractivity (Wildman–Crippen MR) is 130 cm³/mol. The second-order valence-electron chi connectivity index (χ2n) is 8.95. The molecule has 4 rings (SSSR count). The van der Waals surface area contributed by atoms with Crippen molar-refractivity contribution in [3.05, 3.63) is 83.2 Å². The number of amides is 2. The number of alkyl halides is 3. The van der Waals surface area contributed by atoms with Gasteiger partial charge in [-0.15, -0.1) is 0 Å². The van der Waals surface area contributed by atoms with E-state index in [0.717, 1.165) is 30.5 Å². The highest BCUT2D eigenvalue weighted by molar-refractivity contribution is 6.06. The van der Waals surface area contributed by atoms with Crippen LogP contribution in [0.2, 0.25) is 0 Å². The molecule has 0 saturated heterocycles. The number of nitrogens with one attached hydrogen (secondary N) is 2. The van der Waals surface area contributed by atoms with Gasteiger partial charge < -0.3 is 15.7 Å². The Hall–Kier alpha value is -3.72. The van der Waals surface area contributed by atoms with Gasteiger partial charge in [-0.25, -0.2) is 0 Å². The average molecular weight is 498 g/mol. The van der Waals surface area contributed by atoms with Gasteiger partial charge in [0.05, 0.1) is 23.3 Å². The lowest BCUT2D eigenvalue weighted by Crippen LogP contribution is -2.45. The van der Waals surface area contributed by atoms with Gasteiger partial charge in [0.15, 0.2) is 0 Å². The molecule has 9 heteroatoms. The third-order valence-electron chi connectivity index (χ3n) is 6.34. The molecule has 1 fully saturated rings. The molecule has 3 aromatic rings. The van der Waals surface area contributed by atoms with E-state index in [1.807, 2.05) is 0 Å². The summed E-state index contributed by atoms with van der Waals surface area (Å²) in [6, 6.07) is 10.8. The van der Waals surface area contributed by atoms with Gasteiger partial charge in [0, 0.05) is 29.2 Å². The number of benzene rings is 2. The van der Waals surface area contributed by atoms with Crippen molar-refractivity contribution in [2.75, 3.05) is 5.32 Å². The highest BCUT2D eigenvalue weighted by Crippen LogP contribution is 2.31. The lowest BCUT2D eigenvalue weighted by Gasteiger charge is -2.28. The number of aliphatic hydroxyl groups excluding tert-OH is 1. The second-order valence-corrected chi connectivity index (χ2v) is 8.95. The van der Waals surface area contributed by atoms with Crippen molar-refractivity contribution in [1.82, 2.24) is 10.3 Å². The van der Waals surface area contributed by atoms with Crippen molar-refractivity contribution in [1.29, 1.82) is 0 Å². The number of carbonyl (C=O) groups excluding carboxylic acids is 2. The zero-order valence-electron chi connectivity index (χ0n) is 19.6. The number of aliphatic hydroxyl groups is 1. The molecule has 2 atom stereocenters.